The quantitative estimate of drug-likeness (QED) is 0.712. The van der Waals surface area contributed by atoms with E-state index >= 15 is 0 Å². The van der Waals surface area contributed by atoms with Gasteiger partial charge in [-0.15, -0.1) is 0 Å². The highest BCUT2D eigenvalue weighted by Crippen LogP contribution is 2.32. The van der Waals surface area contributed by atoms with Crippen LogP contribution in [0.3, 0.4) is 0 Å². The molecule has 6 nitrogen and oxygen atoms in total. The molecule has 0 spiro atoms. The Bertz CT molecular complexity index is 446. The van der Waals surface area contributed by atoms with Gasteiger partial charge in [-0.1, -0.05) is 0 Å². The number of aliphatic hydroxyl groups is 1. The number of carbonyl (C=O) groups is 1. The van der Waals surface area contributed by atoms with E-state index in [1.807, 2.05) is 4.90 Å². The first-order valence-corrected chi connectivity index (χ1v) is 6.00. The molecule has 1 fully saturated rings. The van der Waals surface area contributed by atoms with Crippen molar-refractivity contribution in [3.63, 3.8) is 0 Å². The highest BCUT2D eigenvalue weighted by atomic mass is 16.4. The smallest absolute Gasteiger partial charge is 0.337 e. The summed E-state index contributed by atoms with van der Waals surface area (Å²) < 4.78 is 0. The summed E-state index contributed by atoms with van der Waals surface area (Å²) in [4.78, 5) is 17.1. The third-order valence-corrected chi connectivity index (χ3v) is 3.33. The van der Waals surface area contributed by atoms with E-state index in [2.05, 4.69) is 4.98 Å². The zero-order valence-corrected chi connectivity index (χ0v) is 10.0. The summed E-state index contributed by atoms with van der Waals surface area (Å²) in [7, 11) is 0. The summed E-state index contributed by atoms with van der Waals surface area (Å²) in [6.45, 7) is 0.417. The number of nitrogens with zero attached hydrogens (tertiary/aromatic N) is 2. The summed E-state index contributed by atoms with van der Waals surface area (Å²) >= 11 is 0. The van der Waals surface area contributed by atoms with Crippen LogP contribution in [-0.2, 0) is 0 Å². The van der Waals surface area contributed by atoms with E-state index in [1.165, 1.54) is 12.3 Å². The molecule has 0 aromatic carbocycles. The molecular formula is C12H17N3O3. The van der Waals surface area contributed by atoms with E-state index in [9.17, 15) is 4.79 Å². The molecule has 1 aliphatic rings. The highest BCUT2D eigenvalue weighted by Gasteiger charge is 2.28. The second kappa shape index (κ2) is 5.22. The van der Waals surface area contributed by atoms with E-state index in [1.54, 1.807) is 0 Å². The van der Waals surface area contributed by atoms with Crippen LogP contribution in [-0.4, -0.2) is 40.4 Å². The molecule has 0 amide bonds. The molecule has 4 N–H and O–H groups in total. The van der Waals surface area contributed by atoms with Crippen LogP contribution >= 0.6 is 0 Å². The lowest BCUT2D eigenvalue weighted by molar-refractivity contribution is 0.0698. The van der Waals surface area contributed by atoms with Crippen molar-refractivity contribution in [1.29, 1.82) is 0 Å². The normalized spacial score (nSPS) is 15.2. The van der Waals surface area contributed by atoms with Gasteiger partial charge in [-0.3, -0.25) is 0 Å². The van der Waals surface area contributed by atoms with Gasteiger partial charge in [0.2, 0.25) is 0 Å². The average Bonchev–Trinajstić information content (AvgIpc) is 2.26. The molecule has 0 saturated heterocycles. The minimum atomic E-state index is -1.06. The van der Waals surface area contributed by atoms with Crippen molar-refractivity contribution in [2.45, 2.75) is 25.3 Å². The van der Waals surface area contributed by atoms with E-state index < -0.39 is 5.97 Å². The van der Waals surface area contributed by atoms with Crippen molar-refractivity contribution in [3.05, 3.63) is 17.8 Å². The molecule has 1 saturated carbocycles. The van der Waals surface area contributed by atoms with Crippen molar-refractivity contribution in [2.24, 2.45) is 0 Å². The summed E-state index contributed by atoms with van der Waals surface area (Å²) in [5, 5.41) is 18.1. The van der Waals surface area contributed by atoms with Crippen LogP contribution in [0.5, 0.6) is 0 Å². The third-order valence-electron chi connectivity index (χ3n) is 3.33. The van der Waals surface area contributed by atoms with E-state index in [-0.39, 0.29) is 17.9 Å². The summed E-state index contributed by atoms with van der Waals surface area (Å²) in [5.74, 6) is -0.595. The van der Waals surface area contributed by atoms with Crippen LogP contribution in [0, 0.1) is 0 Å². The van der Waals surface area contributed by atoms with Gasteiger partial charge in [0.15, 0.2) is 5.82 Å². The van der Waals surface area contributed by atoms with Gasteiger partial charge < -0.3 is 20.8 Å². The highest BCUT2D eigenvalue weighted by molar-refractivity contribution is 5.96. The SMILES string of the molecule is Nc1c(C(=O)O)ccnc1N(CCO)C1CCC1. The van der Waals surface area contributed by atoms with Gasteiger partial charge in [0.25, 0.3) is 0 Å². The molecule has 0 unspecified atom stereocenters. The molecule has 18 heavy (non-hydrogen) atoms. The first kappa shape index (κ1) is 12.6. The fourth-order valence-electron chi connectivity index (χ4n) is 2.15. The molecule has 0 atom stereocenters. The summed E-state index contributed by atoms with van der Waals surface area (Å²) in [5.41, 5.74) is 6.09. The minimum absolute atomic E-state index is 0.00504. The van der Waals surface area contributed by atoms with Crippen LogP contribution < -0.4 is 10.6 Å². The number of anilines is 2. The van der Waals surface area contributed by atoms with Crippen LogP contribution in [0.4, 0.5) is 11.5 Å². The number of nitrogen functional groups attached to an aromatic ring is 1. The first-order chi connectivity index (χ1) is 8.65. The number of pyridine rings is 1. The molecule has 1 aliphatic carbocycles. The number of carboxylic acid groups (broad SMARTS) is 1. The number of aromatic nitrogens is 1. The van der Waals surface area contributed by atoms with Crippen molar-refractivity contribution in [2.75, 3.05) is 23.8 Å². The first-order valence-electron chi connectivity index (χ1n) is 6.00. The van der Waals surface area contributed by atoms with E-state index in [0.717, 1.165) is 19.3 Å². The maximum atomic E-state index is 11.0. The van der Waals surface area contributed by atoms with Crippen molar-refractivity contribution >= 4 is 17.5 Å². The fourth-order valence-corrected chi connectivity index (χ4v) is 2.15. The number of aliphatic hydroxyl groups excluding tert-OH is 1. The predicted octanol–water partition coefficient (Wildman–Crippen LogP) is 0.713. The molecule has 1 aromatic heterocycles. The average molecular weight is 251 g/mol. The second-order valence-corrected chi connectivity index (χ2v) is 4.40. The number of aromatic carboxylic acids is 1. The molecular weight excluding hydrogens is 234 g/mol. The Kier molecular flexibility index (Phi) is 3.66. The Labute approximate surface area is 105 Å². The van der Waals surface area contributed by atoms with Crippen molar-refractivity contribution in [3.8, 4) is 0 Å². The Balaban J connectivity index is 2.34. The van der Waals surface area contributed by atoms with Gasteiger partial charge in [-0.05, 0) is 25.3 Å². The molecule has 98 valence electrons. The van der Waals surface area contributed by atoms with Gasteiger partial charge in [0.1, 0.15) is 0 Å². The number of hydrogen-bond acceptors (Lipinski definition) is 5. The molecule has 6 heteroatoms. The number of carboxylic acids is 1. The topological polar surface area (TPSA) is 99.7 Å². The second-order valence-electron chi connectivity index (χ2n) is 4.40. The van der Waals surface area contributed by atoms with E-state index in [0.29, 0.717) is 18.4 Å². The van der Waals surface area contributed by atoms with Gasteiger partial charge in [0.05, 0.1) is 17.9 Å². The number of hydrogen-bond donors (Lipinski definition) is 3. The predicted molar refractivity (Wildman–Crippen MR) is 67.7 cm³/mol. The van der Waals surface area contributed by atoms with E-state index in [4.69, 9.17) is 15.9 Å². The molecule has 0 bridgehead atoms. The Morgan fingerprint density at radius 2 is 2.28 bits per heavy atom. The minimum Gasteiger partial charge on any atom is -0.478 e. The Morgan fingerprint density at radius 1 is 1.56 bits per heavy atom. The zero-order chi connectivity index (χ0) is 13.1. The monoisotopic (exact) mass is 251 g/mol. The Morgan fingerprint density at radius 3 is 2.78 bits per heavy atom. The zero-order valence-electron chi connectivity index (χ0n) is 10.0. The lowest BCUT2D eigenvalue weighted by Crippen LogP contribution is -2.43. The largest absolute Gasteiger partial charge is 0.478 e. The number of rotatable bonds is 5. The molecule has 0 radical (unpaired) electrons. The molecule has 1 aromatic rings. The molecule has 2 rings (SSSR count). The van der Waals surface area contributed by atoms with Gasteiger partial charge in [-0.2, -0.15) is 0 Å². The van der Waals surface area contributed by atoms with Crippen LogP contribution in [0.2, 0.25) is 0 Å². The van der Waals surface area contributed by atoms with Gasteiger partial charge in [-0.25, -0.2) is 9.78 Å². The standard InChI is InChI=1S/C12H17N3O3/c13-10-9(12(17)18)4-5-14-11(10)15(6-7-16)8-2-1-3-8/h4-5,8,16H,1-3,6-7,13H2,(H,17,18). The Hall–Kier alpha value is -1.82. The van der Waals surface area contributed by atoms with Crippen LogP contribution in [0.1, 0.15) is 29.6 Å². The third kappa shape index (κ3) is 2.24. The maximum absolute atomic E-state index is 11.0. The molecule has 0 aliphatic heterocycles. The lowest BCUT2D eigenvalue weighted by Gasteiger charge is -2.38. The summed E-state index contributed by atoms with van der Waals surface area (Å²) in [6, 6.07) is 1.69. The van der Waals surface area contributed by atoms with Gasteiger partial charge in [0, 0.05) is 18.8 Å². The van der Waals surface area contributed by atoms with Crippen molar-refractivity contribution < 1.29 is 15.0 Å². The number of nitrogens with two attached hydrogens (primary N) is 1. The van der Waals surface area contributed by atoms with Crippen LogP contribution in [0.15, 0.2) is 12.3 Å². The summed E-state index contributed by atoms with van der Waals surface area (Å²) in [6.07, 6.45) is 4.64. The maximum Gasteiger partial charge on any atom is 0.337 e. The molecule has 1 heterocycles. The fraction of sp³-hybridized carbons (Fsp3) is 0.500. The van der Waals surface area contributed by atoms with Crippen LogP contribution in [0.25, 0.3) is 0 Å². The lowest BCUT2D eigenvalue weighted by atomic mass is 9.91. The van der Waals surface area contributed by atoms with Gasteiger partial charge >= 0.3 is 5.97 Å². The van der Waals surface area contributed by atoms with Crippen molar-refractivity contribution in [1.82, 2.24) is 4.98 Å².